The highest BCUT2D eigenvalue weighted by Crippen LogP contribution is 2.04. The molecule has 0 aliphatic carbocycles. The zero-order valence-corrected chi connectivity index (χ0v) is 30.4. The lowest BCUT2D eigenvalue weighted by Gasteiger charge is -2.20. The van der Waals surface area contributed by atoms with Gasteiger partial charge in [-0.25, -0.2) is 19.2 Å². The summed E-state index contributed by atoms with van der Waals surface area (Å²) in [4.78, 5) is 53.0. The molecule has 0 saturated carbocycles. The van der Waals surface area contributed by atoms with Gasteiger partial charge in [-0.1, -0.05) is 71.4 Å². The molecule has 0 aliphatic heterocycles. The van der Waals surface area contributed by atoms with Crippen molar-refractivity contribution >= 4 is 29.8 Å². The second-order valence-corrected chi connectivity index (χ2v) is 11.4. The Hall–Kier alpha value is -4.03. The van der Waals surface area contributed by atoms with Gasteiger partial charge in [-0.3, -0.25) is 4.79 Å². The molecule has 0 fully saturated rings. The van der Waals surface area contributed by atoms with Crippen LogP contribution in [0.1, 0.15) is 92.9 Å². The van der Waals surface area contributed by atoms with Crippen LogP contribution in [-0.4, -0.2) is 85.6 Å². The van der Waals surface area contributed by atoms with E-state index in [0.717, 1.165) is 19.0 Å². The lowest BCUT2D eigenvalue weighted by atomic mass is 10.1. The molecule has 0 aromatic carbocycles. The Kier molecular flexibility index (Phi) is 36.3. The maximum Gasteiger partial charge on any atom is 0.333 e. The van der Waals surface area contributed by atoms with Gasteiger partial charge in [-0.05, 0) is 53.5 Å². The van der Waals surface area contributed by atoms with Crippen molar-refractivity contribution in [1.29, 1.82) is 0 Å². The van der Waals surface area contributed by atoms with E-state index in [9.17, 15) is 24.0 Å². The summed E-state index contributed by atoms with van der Waals surface area (Å²) in [5.74, 6) is -2.38. The quantitative estimate of drug-likeness (QED) is 0.0561. The molecule has 0 bridgehead atoms. The number of unbranched alkanes of at least 4 members (excludes halogenated alkanes) is 5. The first-order chi connectivity index (χ1) is 22.4. The number of nitrogens with one attached hydrogen (secondary N) is 2. The minimum Gasteiger partial charge on any atom is -0.478 e. The predicted molar refractivity (Wildman–Crippen MR) is 190 cm³/mol. The SMILES string of the molecule is C=C(C)C(=O)OC.C=C(C)C(=O)OCCNC(C)(C)C.C=C(CC=CC(=O)O)C(=O)OCCCO.C=CC(=O)NCCCCCCCC. The largest absolute Gasteiger partial charge is 0.478 e. The van der Waals surface area contributed by atoms with Crippen LogP contribution in [0.5, 0.6) is 0 Å². The molecule has 0 unspecified atom stereocenters. The molecular formula is C36H62N2O10. The number of ether oxygens (including phenoxy) is 3. The zero-order chi connectivity index (χ0) is 38.0. The zero-order valence-electron chi connectivity index (χ0n) is 30.4. The number of aliphatic hydroxyl groups excluding tert-OH is 1. The van der Waals surface area contributed by atoms with Crippen molar-refractivity contribution in [2.75, 3.05) is 40.0 Å². The molecule has 1 amide bonds. The smallest absolute Gasteiger partial charge is 0.333 e. The number of allylic oxidation sites excluding steroid dienone is 1. The first-order valence-electron chi connectivity index (χ1n) is 16.0. The first kappa shape index (κ1) is 50.8. The molecule has 12 nitrogen and oxygen atoms in total. The fraction of sp³-hybridized carbons (Fsp3) is 0.583. The highest BCUT2D eigenvalue weighted by atomic mass is 16.5. The second-order valence-electron chi connectivity index (χ2n) is 11.4. The maximum absolute atomic E-state index is 11.1. The van der Waals surface area contributed by atoms with Gasteiger partial charge in [0.05, 0.1) is 13.7 Å². The molecule has 0 aromatic rings. The van der Waals surface area contributed by atoms with Gasteiger partial charge in [0.15, 0.2) is 0 Å². The number of aliphatic carboxylic acids is 1. The number of amides is 1. The molecule has 0 atom stereocenters. The van der Waals surface area contributed by atoms with Gasteiger partial charge in [0, 0.05) is 54.5 Å². The van der Waals surface area contributed by atoms with Gasteiger partial charge < -0.3 is 35.1 Å². The third-order valence-corrected chi connectivity index (χ3v) is 5.34. The molecule has 48 heavy (non-hydrogen) atoms. The Labute approximate surface area is 288 Å². The minimum absolute atomic E-state index is 0.0430. The fourth-order valence-corrected chi connectivity index (χ4v) is 2.77. The van der Waals surface area contributed by atoms with E-state index in [2.05, 4.69) is 69.4 Å². The van der Waals surface area contributed by atoms with E-state index in [1.807, 2.05) is 0 Å². The summed E-state index contributed by atoms with van der Waals surface area (Å²) in [6.45, 7) is 27.3. The van der Waals surface area contributed by atoms with Crippen LogP contribution < -0.4 is 10.6 Å². The number of hydrogen-bond acceptors (Lipinski definition) is 10. The number of carbonyl (C=O) groups excluding carboxylic acids is 4. The Morgan fingerprint density at radius 3 is 1.77 bits per heavy atom. The maximum atomic E-state index is 11.1. The van der Waals surface area contributed by atoms with Crippen molar-refractivity contribution < 1.29 is 48.4 Å². The second kappa shape index (κ2) is 34.3. The highest BCUT2D eigenvalue weighted by molar-refractivity contribution is 5.88. The van der Waals surface area contributed by atoms with Crippen LogP contribution in [0.3, 0.4) is 0 Å². The van der Waals surface area contributed by atoms with Gasteiger partial charge in [0.25, 0.3) is 0 Å². The topological polar surface area (TPSA) is 178 Å². The van der Waals surface area contributed by atoms with Crippen LogP contribution in [0.2, 0.25) is 0 Å². The van der Waals surface area contributed by atoms with Gasteiger partial charge in [0.1, 0.15) is 6.61 Å². The molecule has 0 aliphatic rings. The number of methoxy groups -OCH3 is 1. The van der Waals surface area contributed by atoms with Crippen molar-refractivity contribution in [2.45, 2.75) is 98.4 Å². The van der Waals surface area contributed by atoms with E-state index in [4.69, 9.17) is 19.7 Å². The van der Waals surface area contributed by atoms with Crippen molar-refractivity contribution in [3.63, 3.8) is 0 Å². The van der Waals surface area contributed by atoms with Gasteiger partial charge in [-0.15, -0.1) is 0 Å². The summed E-state index contributed by atoms with van der Waals surface area (Å²) in [5, 5.41) is 22.7. The lowest BCUT2D eigenvalue weighted by molar-refractivity contribution is -0.140. The first-order valence-corrected chi connectivity index (χ1v) is 16.0. The Morgan fingerprint density at radius 1 is 0.792 bits per heavy atom. The third kappa shape index (κ3) is 44.1. The van der Waals surface area contributed by atoms with Crippen LogP contribution in [0.15, 0.2) is 61.3 Å². The number of esters is 3. The summed E-state index contributed by atoms with van der Waals surface area (Å²) in [6.07, 6.45) is 11.6. The summed E-state index contributed by atoms with van der Waals surface area (Å²) in [5.41, 5.74) is 1.12. The molecule has 12 heteroatoms. The summed E-state index contributed by atoms with van der Waals surface area (Å²) in [6, 6.07) is 0. The number of rotatable bonds is 20. The van der Waals surface area contributed by atoms with Crippen molar-refractivity contribution in [3.05, 3.63) is 61.3 Å². The van der Waals surface area contributed by atoms with E-state index in [1.165, 1.54) is 51.4 Å². The van der Waals surface area contributed by atoms with Crippen LogP contribution >= 0.6 is 0 Å². The summed E-state index contributed by atoms with van der Waals surface area (Å²) >= 11 is 0. The van der Waals surface area contributed by atoms with Crippen molar-refractivity contribution in [2.24, 2.45) is 0 Å². The van der Waals surface area contributed by atoms with Crippen LogP contribution in [0.4, 0.5) is 0 Å². The van der Waals surface area contributed by atoms with Crippen molar-refractivity contribution in [3.8, 4) is 0 Å². The number of carbonyl (C=O) groups is 5. The Bertz CT molecular complexity index is 1010. The molecule has 276 valence electrons. The van der Waals surface area contributed by atoms with Crippen molar-refractivity contribution in [1.82, 2.24) is 10.6 Å². The lowest BCUT2D eigenvalue weighted by Crippen LogP contribution is -2.38. The van der Waals surface area contributed by atoms with Crippen LogP contribution in [0.25, 0.3) is 0 Å². The Morgan fingerprint density at radius 2 is 1.33 bits per heavy atom. The minimum atomic E-state index is -1.07. The average Bonchev–Trinajstić information content (AvgIpc) is 3.02. The van der Waals surface area contributed by atoms with E-state index >= 15 is 0 Å². The average molecular weight is 683 g/mol. The molecule has 0 radical (unpaired) electrons. The Balaban J connectivity index is -0.000000276. The van der Waals surface area contributed by atoms with Crippen LogP contribution in [-0.2, 0) is 38.2 Å². The predicted octanol–water partition coefficient (Wildman–Crippen LogP) is 5.38. The number of carboxylic acids is 1. The molecule has 4 N–H and O–H groups in total. The molecular weight excluding hydrogens is 620 g/mol. The number of carboxylic acid groups (broad SMARTS) is 1. The molecule has 0 rings (SSSR count). The standard InChI is InChI=1S/C11H21NO.C10H19NO2.C10H14O5.C5H8O2/c1-3-5-6-7-8-9-10-12-11(13)4-2;1-8(2)9(12)13-7-6-11-10(3,4)5;1-8(4-2-5-9(12)13)10(14)15-7-3-6-11;1-4(2)5(6)7-3/h4H,2-3,5-10H2,1H3,(H,12,13);11H,1,6-7H2,2-5H3;2,5,11H,1,3-4,6-7H2,(H,12,13);1H2,2-3H3. The van der Waals surface area contributed by atoms with Gasteiger partial charge in [-0.2, -0.15) is 0 Å². The number of hydrogen-bond donors (Lipinski definition) is 4. The van der Waals surface area contributed by atoms with Gasteiger partial charge >= 0.3 is 23.9 Å². The normalized spacial score (nSPS) is 9.92. The molecule has 0 heterocycles. The van der Waals surface area contributed by atoms with Crippen LogP contribution in [0, 0.1) is 0 Å². The highest BCUT2D eigenvalue weighted by Gasteiger charge is 2.09. The summed E-state index contributed by atoms with van der Waals surface area (Å²) in [7, 11) is 1.33. The fourth-order valence-electron chi connectivity index (χ4n) is 2.77. The monoisotopic (exact) mass is 682 g/mol. The van der Waals surface area contributed by atoms with Gasteiger partial charge in [0.2, 0.25) is 5.91 Å². The summed E-state index contributed by atoms with van der Waals surface area (Å²) < 4.78 is 13.9. The molecule has 0 saturated heterocycles. The van der Waals surface area contributed by atoms with E-state index < -0.39 is 11.9 Å². The molecule has 0 spiro atoms. The van der Waals surface area contributed by atoms with E-state index in [1.54, 1.807) is 13.8 Å². The van der Waals surface area contributed by atoms with E-state index in [-0.39, 0.29) is 48.6 Å². The molecule has 0 aromatic heterocycles. The third-order valence-electron chi connectivity index (χ3n) is 5.34. The van der Waals surface area contributed by atoms with E-state index in [0.29, 0.717) is 30.7 Å². The number of aliphatic hydroxyl groups is 1.